The van der Waals surface area contributed by atoms with E-state index in [1.54, 1.807) is 21.3 Å². The summed E-state index contributed by atoms with van der Waals surface area (Å²) >= 11 is 0. The van der Waals surface area contributed by atoms with Gasteiger partial charge in [0.05, 0.1) is 21.3 Å². The molecule has 0 saturated carbocycles. The van der Waals surface area contributed by atoms with Crippen LogP contribution in [-0.4, -0.2) is 44.9 Å². The van der Waals surface area contributed by atoms with Gasteiger partial charge in [-0.1, -0.05) is 18.2 Å². The number of hydrogen-bond acceptors (Lipinski definition) is 5. The lowest BCUT2D eigenvalue weighted by molar-refractivity contribution is -0.137. The summed E-state index contributed by atoms with van der Waals surface area (Å²) in [5.41, 5.74) is 3.32. The largest absolute Gasteiger partial charge is 0.497 e. The predicted octanol–water partition coefficient (Wildman–Crippen LogP) is 3.80. The summed E-state index contributed by atoms with van der Waals surface area (Å²) < 4.78 is 16.5. The van der Waals surface area contributed by atoms with Crippen LogP contribution in [0.5, 0.6) is 17.2 Å². The van der Waals surface area contributed by atoms with Gasteiger partial charge in [-0.25, -0.2) is 0 Å². The number of hydrogen-bond donors (Lipinski definition) is 2. The Labute approximate surface area is 189 Å². The minimum Gasteiger partial charge on any atom is -0.497 e. The highest BCUT2D eigenvalue weighted by molar-refractivity contribution is 5.76. The van der Waals surface area contributed by atoms with Gasteiger partial charge in [0, 0.05) is 24.9 Å². The Balaban J connectivity index is 2.03. The van der Waals surface area contributed by atoms with Crippen molar-refractivity contribution in [2.24, 2.45) is 0 Å². The highest BCUT2D eigenvalue weighted by atomic mass is 16.5. The number of carboxylic acids is 1. The number of nitrogens with one attached hydrogen (secondary N) is 1. The van der Waals surface area contributed by atoms with Crippen LogP contribution < -0.4 is 19.5 Å². The number of methoxy groups -OCH3 is 3. The van der Waals surface area contributed by atoms with Crippen molar-refractivity contribution in [1.82, 2.24) is 5.32 Å². The zero-order chi connectivity index (χ0) is 23.3. The quantitative estimate of drug-likeness (QED) is 0.431. The van der Waals surface area contributed by atoms with Gasteiger partial charge >= 0.3 is 5.97 Å². The van der Waals surface area contributed by atoms with E-state index in [1.165, 1.54) is 0 Å². The minimum atomic E-state index is -0.833. The van der Waals surface area contributed by atoms with Crippen LogP contribution >= 0.6 is 0 Å². The van der Waals surface area contributed by atoms with Crippen LogP contribution in [0.2, 0.25) is 0 Å². The third-order valence-electron chi connectivity index (χ3n) is 5.30. The van der Waals surface area contributed by atoms with Crippen LogP contribution in [0.3, 0.4) is 0 Å². The molecule has 2 rings (SSSR count). The van der Waals surface area contributed by atoms with E-state index in [0.29, 0.717) is 43.7 Å². The van der Waals surface area contributed by atoms with Crippen LogP contribution in [0.25, 0.3) is 0 Å². The maximum Gasteiger partial charge on any atom is 0.303 e. The van der Waals surface area contributed by atoms with E-state index in [0.717, 1.165) is 35.3 Å². The van der Waals surface area contributed by atoms with Crippen molar-refractivity contribution in [3.8, 4) is 17.2 Å². The number of unbranched alkanes of at least 4 members (excludes halogenated alkanes) is 1. The zero-order valence-corrected chi connectivity index (χ0v) is 19.1. The SMILES string of the molecule is COc1cccc(CCc2c(CCNC(=O)CCCCC(=O)O)ccc(OC)c2OC)c1. The van der Waals surface area contributed by atoms with Gasteiger partial charge in [-0.05, 0) is 61.4 Å². The van der Waals surface area contributed by atoms with Crippen LogP contribution in [0.15, 0.2) is 36.4 Å². The summed E-state index contributed by atoms with van der Waals surface area (Å²) in [4.78, 5) is 22.6. The second-order valence-electron chi connectivity index (χ2n) is 7.49. The van der Waals surface area contributed by atoms with Gasteiger partial charge in [0.25, 0.3) is 0 Å². The van der Waals surface area contributed by atoms with E-state index >= 15 is 0 Å². The lowest BCUT2D eigenvalue weighted by atomic mass is 9.96. The molecule has 7 heteroatoms. The van der Waals surface area contributed by atoms with Crippen LogP contribution in [-0.2, 0) is 28.9 Å². The summed E-state index contributed by atoms with van der Waals surface area (Å²) in [5.74, 6) is 1.33. The normalized spacial score (nSPS) is 10.5. The van der Waals surface area contributed by atoms with Gasteiger partial charge in [0.15, 0.2) is 11.5 Å². The van der Waals surface area contributed by atoms with E-state index in [2.05, 4.69) is 11.4 Å². The number of rotatable bonds is 14. The second-order valence-corrected chi connectivity index (χ2v) is 7.49. The molecule has 174 valence electrons. The standard InChI is InChI=1S/C25H33NO6/c1-30-20-8-6-7-18(17-20)11-13-21-19(12-14-22(31-2)25(21)32-3)15-16-26-23(27)9-4-5-10-24(28)29/h6-8,12,14,17H,4-5,9-11,13,15-16H2,1-3H3,(H,26,27)(H,28,29). The number of benzene rings is 2. The van der Waals surface area contributed by atoms with Crippen molar-refractivity contribution in [2.75, 3.05) is 27.9 Å². The van der Waals surface area contributed by atoms with Crippen molar-refractivity contribution in [3.05, 3.63) is 53.1 Å². The summed E-state index contributed by atoms with van der Waals surface area (Å²) in [6.07, 6.45) is 3.73. The molecule has 0 aliphatic rings. The third-order valence-corrected chi connectivity index (χ3v) is 5.30. The maximum atomic E-state index is 12.0. The van der Waals surface area contributed by atoms with Gasteiger partial charge in [0.2, 0.25) is 5.91 Å². The number of carboxylic acid groups (broad SMARTS) is 1. The summed E-state index contributed by atoms with van der Waals surface area (Å²) in [6, 6.07) is 11.9. The summed E-state index contributed by atoms with van der Waals surface area (Å²) in [7, 11) is 4.91. The minimum absolute atomic E-state index is 0.0613. The predicted molar refractivity (Wildman–Crippen MR) is 123 cm³/mol. The maximum absolute atomic E-state index is 12.0. The van der Waals surface area contributed by atoms with Crippen LogP contribution in [0, 0.1) is 0 Å². The number of ether oxygens (including phenoxy) is 3. The van der Waals surface area contributed by atoms with Gasteiger partial charge in [-0.15, -0.1) is 0 Å². The van der Waals surface area contributed by atoms with E-state index in [1.807, 2.05) is 30.3 Å². The number of carbonyl (C=O) groups excluding carboxylic acids is 1. The zero-order valence-electron chi connectivity index (χ0n) is 19.1. The highest BCUT2D eigenvalue weighted by Gasteiger charge is 2.15. The average molecular weight is 444 g/mol. The Morgan fingerprint density at radius 2 is 1.69 bits per heavy atom. The Hall–Kier alpha value is -3.22. The van der Waals surface area contributed by atoms with E-state index in [9.17, 15) is 9.59 Å². The van der Waals surface area contributed by atoms with Crippen LogP contribution in [0.1, 0.15) is 42.4 Å². The number of amides is 1. The van der Waals surface area contributed by atoms with Gasteiger partial charge in [-0.2, -0.15) is 0 Å². The van der Waals surface area contributed by atoms with Gasteiger partial charge in [0.1, 0.15) is 5.75 Å². The summed E-state index contributed by atoms with van der Waals surface area (Å²) in [5, 5.41) is 11.6. The lowest BCUT2D eigenvalue weighted by Gasteiger charge is -2.17. The number of aliphatic carboxylic acids is 1. The van der Waals surface area contributed by atoms with Crippen molar-refractivity contribution >= 4 is 11.9 Å². The van der Waals surface area contributed by atoms with Crippen LogP contribution in [0.4, 0.5) is 0 Å². The van der Waals surface area contributed by atoms with Crippen molar-refractivity contribution < 1.29 is 28.9 Å². The van der Waals surface area contributed by atoms with Gasteiger partial charge < -0.3 is 24.6 Å². The number of carbonyl (C=O) groups is 2. The number of aryl methyl sites for hydroxylation is 1. The first-order valence-electron chi connectivity index (χ1n) is 10.8. The lowest BCUT2D eigenvalue weighted by Crippen LogP contribution is -2.25. The molecular formula is C25H33NO6. The molecule has 0 spiro atoms. The molecule has 0 heterocycles. The molecule has 0 aliphatic heterocycles. The molecule has 0 saturated heterocycles. The fraction of sp³-hybridized carbons (Fsp3) is 0.440. The Morgan fingerprint density at radius 3 is 2.38 bits per heavy atom. The van der Waals surface area contributed by atoms with Crippen molar-refractivity contribution in [1.29, 1.82) is 0 Å². The fourth-order valence-corrected chi connectivity index (χ4v) is 3.62. The third kappa shape index (κ3) is 7.80. The molecule has 2 N–H and O–H groups in total. The molecule has 0 bridgehead atoms. The molecule has 0 radical (unpaired) electrons. The van der Waals surface area contributed by atoms with Crippen molar-refractivity contribution in [3.63, 3.8) is 0 Å². The van der Waals surface area contributed by atoms with E-state index in [4.69, 9.17) is 19.3 Å². The molecule has 7 nitrogen and oxygen atoms in total. The molecule has 2 aromatic carbocycles. The first kappa shape index (κ1) is 25.0. The monoisotopic (exact) mass is 443 g/mol. The molecule has 2 aromatic rings. The van der Waals surface area contributed by atoms with Gasteiger partial charge in [-0.3, -0.25) is 9.59 Å². The highest BCUT2D eigenvalue weighted by Crippen LogP contribution is 2.34. The van der Waals surface area contributed by atoms with Crippen molar-refractivity contribution in [2.45, 2.75) is 44.9 Å². The average Bonchev–Trinajstić information content (AvgIpc) is 2.80. The summed E-state index contributed by atoms with van der Waals surface area (Å²) in [6.45, 7) is 0.499. The molecule has 0 aliphatic carbocycles. The van der Waals surface area contributed by atoms with E-state index in [-0.39, 0.29) is 12.3 Å². The molecule has 0 atom stereocenters. The Bertz CT molecular complexity index is 896. The second kappa shape index (κ2) is 13.2. The first-order chi connectivity index (χ1) is 15.5. The molecule has 32 heavy (non-hydrogen) atoms. The molecule has 0 aromatic heterocycles. The molecule has 0 unspecified atom stereocenters. The molecule has 1 amide bonds. The molecule has 0 fully saturated rings. The van der Waals surface area contributed by atoms with E-state index < -0.39 is 5.97 Å². The first-order valence-corrected chi connectivity index (χ1v) is 10.8. The fourth-order valence-electron chi connectivity index (χ4n) is 3.62. The smallest absolute Gasteiger partial charge is 0.303 e. The Kier molecular flexibility index (Phi) is 10.4. The Morgan fingerprint density at radius 1 is 0.906 bits per heavy atom. The molecular weight excluding hydrogens is 410 g/mol. The topological polar surface area (TPSA) is 94.1 Å².